The number of carbonyl (C=O) groups is 1. The number of aliphatic hydroxyl groups excluding tert-OH is 1. The van der Waals surface area contributed by atoms with Gasteiger partial charge in [-0.25, -0.2) is 4.99 Å². The third-order valence-corrected chi connectivity index (χ3v) is 8.06. The van der Waals surface area contributed by atoms with Crippen molar-refractivity contribution in [3.8, 4) is 5.75 Å². The number of rotatable bonds is 12. The molecule has 0 unspecified atom stereocenters. The van der Waals surface area contributed by atoms with Crippen LogP contribution in [-0.2, 0) is 16.1 Å². The fourth-order valence-electron chi connectivity index (χ4n) is 4.90. The maximum atomic E-state index is 14.3. The van der Waals surface area contributed by atoms with Gasteiger partial charge in [-0.2, -0.15) is 0 Å². The average molecular weight is 660 g/mol. The van der Waals surface area contributed by atoms with Crippen LogP contribution in [-0.4, -0.2) is 35.7 Å². The van der Waals surface area contributed by atoms with E-state index in [1.54, 1.807) is 6.07 Å². The molecule has 0 bridgehead atoms. The fraction of sp³-hybridized carbons (Fsp3) is 0.200. The van der Waals surface area contributed by atoms with Gasteiger partial charge in [0.15, 0.2) is 11.6 Å². The molecule has 0 aliphatic carbocycles. The quantitative estimate of drug-likeness (QED) is 0.154. The molecule has 4 aromatic carbocycles. The van der Waals surface area contributed by atoms with Gasteiger partial charge in [0.25, 0.3) is 5.91 Å². The predicted octanol–water partition coefficient (Wildman–Crippen LogP) is 7.54. The summed E-state index contributed by atoms with van der Waals surface area (Å²) in [6.07, 6.45) is 4.11. The Hall–Kier alpha value is -3.91. The van der Waals surface area contributed by atoms with Crippen LogP contribution in [0.15, 0.2) is 119 Å². The van der Waals surface area contributed by atoms with E-state index in [0.717, 1.165) is 26.7 Å². The first-order chi connectivity index (χ1) is 21.0. The van der Waals surface area contributed by atoms with Gasteiger partial charge in [0, 0.05) is 46.6 Å². The molecule has 0 saturated carbocycles. The Kier molecular flexibility index (Phi) is 10.3. The molecule has 4 aromatic rings. The number of nitrogens with one attached hydrogen (secondary N) is 1. The minimum atomic E-state index is -1.31. The minimum Gasteiger partial charge on any atom is -0.494 e. The monoisotopic (exact) mass is 658 g/mol. The third-order valence-electron chi connectivity index (χ3n) is 7.10. The van der Waals surface area contributed by atoms with Crippen LogP contribution in [0.2, 0.25) is 5.02 Å². The number of ether oxygens (including phenoxy) is 2. The van der Waals surface area contributed by atoms with Crippen molar-refractivity contribution in [2.24, 2.45) is 4.99 Å². The number of benzene rings is 4. The SMILES string of the molecule is O=C(NCc1cccc(Cl)c1)[C@]1(C/C=C/c2ccccc2)N=C(c2ccc(OCCCO)cc2)O[C@@H]1c1ccccc1Br. The summed E-state index contributed by atoms with van der Waals surface area (Å²) in [6, 6.07) is 32.5. The molecule has 0 aromatic heterocycles. The summed E-state index contributed by atoms with van der Waals surface area (Å²) in [5.74, 6) is 0.785. The fourth-order valence-corrected chi connectivity index (χ4v) is 5.61. The zero-order chi connectivity index (χ0) is 30.1. The highest BCUT2D eigenvalue weighted by molar-refractivity contribution is 9.10. The Morgan fingerprint density at radius 2 is 1.79 bits per heavy atom. The van der Waals surface area contributed by atoms with Crippen molar-refractivity contribution in [1.29, 1.82) is 0 Å². The molecule has 1 amide bonds. The number of amides is 1. The second-order valence-corrected chi connectivity index (χ2v) is 11.4. The Morgan fingerprint density at radius 3 is 2.53 bits per heavy atom. The number of halogens is 2. The number of aliphatic imine (C=N–C) groups is 1. The summed E-state index contributed by atoms with van der Waals surface area (Å²) in [4.78, 5) is 19.4. The Balaban J connectivity index is 1.53. The van der Waals surface area contributed by atoms with Crippen LogP contribution in [0.3, 0.4) is 0 Å². The Bertz CT molecular complexity index is 1590. The van der Waals surface area contributed by atoms with E-state index in [2.05, 4.69) is 21.2 Å². The van der Waals surface area contributed by atoms with E-state index in [-0.39, 0.29) is 19.1 Å². The van der Waals surface area contributed by atoms with Gasteiger partial charge in [-0.1, -0.05) is 100 Å². The van der Waals surface area contributed by atoms with E-state index in [0.29, 0.717) is 36.1 Å². The van der Waals surface area contributed by atoms with Crippen molar-refractivity contribution < 1.29 is 19.4 Å². The Labute approximate surface area is 265 Å². The largest absolute Gasteiger partial charge is 0.494 e. The van der Waals surface area contributed by atoms with Gasteiger partial charge in [0.1, 0.15) is 5.75 Å². The van der Waals surface area contributed by atoms with Crippen LogP contribution in [0.4, 0.5) is 0 Å². The molecule has 1 aliphatic rings. The number of aliphatic hydroxyl groups is 1. The van der Waals surface area contributed by atoms with Gasteiger partial charge in [0.2, 0.25) is 5.90 Å². The number of carbonyl (C=O) groups excluding carboxylic acids is 1. The van der Waals surface area contributed by atoms with Gasteiger partial charge < -0.3 is 19.9 Å². The van der Waals surface area contributed by atoms with E-state index in [1.165, 1.54) is 0 Å². The van der Waals surface area contributed by atoms with E-state index >= 15 is 0 Å². The topological polar surface area (TPSA) is 80.2 Å². The van der Waals surface area contributed by atoms with Crippen LogP contribution < -0.4 is 10.1 Å². The lowest BCUT2D eigenvalue weighted by molar-refractivity contribution is -0.129. The van der Waals surface area contributed by atoms with Gasteiger partial charge in [-0.05, 0) is 53.6 Å². The van der Waals surface area contributed by atoms with Crippen molar-refractivity contribution in [3.63, 3.8) is 0 Å². The molecule has 220 valence electrons. The molecule has 0 spiro atoms. The molecule has 0 radical (unpaired) electrons. The molecular weight excluding hydrogens is 628 g/mol. The van der Waals surface area contributed by atoms with Crippen LogP contribution in [0.25, 0.3) is 6.08 Å². The van der Waals surface area contributed by atoms with Crippen molar-refractivity contribution in [3.05, 3.63) is 141 Å². The Morgan fingerprint density at radius 1 is 1.02 bits per heavy atom. The zero-order valence-corrected chi connectivity index (χ0v) is 25.8. The standard InChI is InChI=1S/C35H32BrClN2O4/c36-31-15-5-4-14-30(31)32-35(20-7-12-25-9-2-1-3-10-25,34(41)38-24-26-11-6-13-28(37)23-26)39-33(43-32)27-16-18-29(19-17-27)42-22-8-21-40/h1-7,9-19,23,32,40H,8,20-22,24H2,(H,38,41)/b12-7+/t32-,35-/m1/s1. The van der Waals surface area contributed by atoms with Crippen molar-refractivity contribution in [2.75, 3.05) is 13.2 Å². The number of hydrogen-bond acceptors (Lipinski definition) is 5. The second-order valence-electron chi connectivity index (χ2n) is 10.1. The summed E-state index contributed by atoms with van der Waals surface area (Å²) >= 11 is 9.89. The second kappa shape index (κ2) is 14.5. The van der Waals surface area contributed by atoms with Crippen LogP contribution in [0.1, 0.15) is 41.2 Å². The first kappa shape index (κ1) is 30.5. The van der Waals surface area contributed by atoms with Gasteiger partial charge >= 0.3 is 0 Å². The van der Waals surface area contributed by atoms with Crippen LogP contribution in [0, 0.1) is 0 Å². The maximum Gasteiger partial charge on any atom is 0.252 e. The molecule has 8 heteroatoms. The van der Waals surface area contributed by atoms with Crippen LogP contribution in [0.5, 0.6) is 5.75 Å². The molecule has 1 aliphatic heterocycles. The third kappa shape index (κ3) is 7.54. The summed E-state index contributed by atoms with van der Waals surface area (Å²) in [5, 5.41) is 12.8. The minimum absolute atomic E-state index is 0.0688. The molecule has 5 rings (SSSR count). The van der Waals surface area contributed by atoms with Gasteiger partial charge in [-0.3, -0.25) is 4.79 Å². The lowest BCUT2D eigenvalue weighted by atomic mass is 9.84. The smallest absolute Gasteiger partial charge is 0.252 e. The normalized spacial score (nSPS) is 17.8. The zero-order valence-electron chi connectivity index (χ0n) is 23.5. The van der Waals surface area contributed by atoms with E-state index < -0.39 is 11.6 Å². The highest BCUT2D eigenvalue weighted by Gasteiger charge is 2.53. The summed E-state index contributed by atoms with van der Waals surface area (Å²) < 4.78 is 13.1. The van der Waals surface area contributed by atoms with Crippen LogP contribution >= 0.6 is 27.5 Å². The first-order valence-corrected chi connectivity index (χ1v) is 15.2. The highest BCUT2D eigenvalue weighted by Crippen LogP contribution is 2.45. The van der Waals surface area contributed by atoms with E-state index in [9.17, 15) is 4.79 Å². The average Bonchev–Trinajstić information content (AvgIpc) is 3.41. The van der Waals surface area contributed by atoms with Crippen molar-refractivity contribution in [1.82, 2.24) is 5.32 Å². The molecule has 0 fully saturated rings. The van der Waals surface area contributed by atoms with Gasteiger partial charge in [-0.15, -0.1) is 0 Å². The predicted molar refractivity (Wildman–Crippen MR) is 174 cm³/mol. The molecule has 2 atom stereocenters. The molecule has 6 nitrogen and oxygen atoms in total. The number of hydrogen-bond donors (Lipinski definition) is 2. The lowest BCUT2D eigenvalue weighted by Gasteiger charge is -2.30. The van der Waals surface area contributed by atoms with E-state index in [1.807, 2.05) is 109 Å². The summed E-state index contributed by atoms with van der Waals surface area (Å²) in [6.45, 7) is 0.775. The lowest BCUT2D eigenvalue weighted by Crippen LogP contribution is -2.47. The molecule has 1 heterocycles. The molecule has 2 N–H and O–H groups in total. The molecule has 43 heavy (non-hydrogen) atoms. The molecular formula is C35H32BrClN2O4. The first-order valence-electron chi connectivity index (χ1n) is 14.1. The van der Waals surface area contributed by atoms with Gasteiger partial charge in [0.05, 0.1) is 6.61 Å². The highest BCUT2D eigenvalue weighted by atomic mass is 79.9. The van der Waals surface area contributed by atoms with E-state index in [4.69, 9.17) is 31.2 Å². The van der Waals surface area contributed by atoms with Crippen molar-refractivity contribution in [2.45, 2.75) is 31.0 Å². The molecule has 0 saturated heterocycles. The summed E-state index contributed by atoms with van der Waals surface area (Å²) in [7, 11) is 0. The van der Waals surface area contributed by atoms with Crippen molar-refractivity contribution >= 4 is 45.4 Å². The summed E-state index contributed by atoms with van der Waals surface area (Å²) in [5.41, 5.74) is 2.14. The number of nitrogens with zero attached hydrogens (tertiary/aromatic N) is 1. The maximum absolute atomic E-state index is 14.3.